The molecule has 0 aliphatic heterocycles. The van der Waals surface area contributed by atoms with Gasteiger partial charge in [-0.15, -0.1) is 0 Å². The number of nitrogens with one attached hydrogen (secondary N) is 1. The Morgan fingerprint density at radius 3 is 2.13 bits per heavy atom. The minimum Gasteiger partial charge on any atom is -0.480 e. The number of hydrogen-bond acceptors (Lipinski definition) is 6. The first-order valence-electron chi connectivity index (χ1n) is 13.9. The van der Waals surface area contributed by atoms with Crippen molar-refractivity contribution >= 4 is 51.2 Å². The molecule has 45 heavy (non-hydrogen) atoms. The minimum absolute atomic E-state index is 0.0375. The molecule has 0 radical (unpaired) electrons. The number of aryl methyl sites for hydroxylation is 1. The van der Waals surface area contributed by atoms with Crippen LogP contribution in [-0.4, -0.2) is 36.7 Å². The van der Waals surface area contributed by atoms with Crippen LogP contribution in [0.4, 0.5) is 17.1 Å². The molecule has 0 aliphatic rings. The van der Waals surface area contributed by atoms with Crippen LogP contribution in [-0.2, 0) is 16.1 Å². The zero-order valence-corrected chi connectivity index (χ0v) is 25.3. The lowest BCUT2D eigenvalue weighted by atomic mass is 9.98. The van der Waals surface area contributed by atoms with Crippen molar-refractivity contribution in [3.63, 3.8) is 0 Å². The number of fused-ring (bicyclic) bond motifs is 1. The van der Waals surface area contributed by atoms with E-state index in [-0.39, 0.29) is 11.4 Å². The molecule has 2 atom stereocenters. The number of aliphatic carboxylic acids is 1. The second kappa shape index (κ2) is 12.7. The number of carboxylic acids is 1. The highest BCUT2D eigenvalue weighted by Crippen LogP contribution is 2.36. The van der Waals surface area contributed by atoms with E-state index in [0.717, 1.165) is 15.4 Å². The summed E-state index contributed by atoms with van der Waals surface area (Å²) in [7, 11) is 0. The van der Waals surface area contributed by atoms with Crippen LogP contribution < -0.4 is 9.62 Å². The molecule has 1 amide bonds. The van der Waals surface area contributed by atoms with Crippen molar-refractivity contribution in [3.05, 3.63) is 112 Å². The Bertz CT molecular complexity index is 1930. The van der Waals surface area contributed by atoms with Gasteiger partial charge in [-0.2, -0.15) is 0 Å². The van der Waals surface area contributed by atoms with E-state index >= 15 is 0 Å². The summed E-state index contributed by atoms with van der Waals surface area (Å²) in [4.78, 5) is 35.9. The molecular formula is C33H29N3O8S. The smallest absolute Gasteiger partial charge is 0.327 e. The fraction of sp³-hybridized carbons (Fsp3) is 0.152. The summed E-state index contributed by atoms with van der Waals surface area (Å²) < 4.78 is 28.8. The lowest BCUT2D eigenvalue weighted by Crippen LogP contribution is -2.45. The highest BCUT2D eigenvalue weighted by Gasteiger charge is 2.32. The van der Waals surface area contributed by atoms with Crippen molar-refractivity contribution in [2.45, 2.75) is 26.8 Å². The summed E-state index contributed by atoms with van der Waals surface area (Å²) in [6.45, 7) is 5.10. The molecule has 2 unspecified atom stereocenters. The highest BCUT2D eigenvalue weighted by molar-refractivity contribution is 7.80. The Balaban J connectivity index is 1.36. The summed E-state index contributed by atoms with van der Waals surface area (Å²) >= 11 is -2.54. The van der Waals surface area contributed by atoms with Crippen LogP contribution in [0, 0.1) is 23.0 Å². The molecule has 0 saturated heterocycles. The molecule has 0 aliphatic carbocycles. The summed E-state index contributed by atoms with van der Waals surface area (Å²) in [6, 6.07) is 24.1. The first-order valence-corrected chi connectivity index (χ1v) is 14.9. The van der Waals surface area contributed by atoms with Crippen molar-refractivity contribution in [2.24, 2.45) is 5.92 Å². The number of furan rings is 1. The first-order chi connectivity index (χ1) is 21.5. The SMILES string of the molecule is Cc1c(C(=O)Nc2ccc(-c3ccc(N(C(C(=O)O)C(C)C)S(=O)O)cc3)cc2)oc2cccc(-c3cccc([N+](=O)[O-])c3)c12. The average molecular weight is 628 g/mol. The van der Waals surface area contributed by atoms with E-state index in [2.05, 4.69) is 5.32 Å². The number of non-ortho nitro benzene ring substituents is 1. The van der Waals surface area contributed by atoms with E-state index in [1.165, 1.54) is 12.1 Å². The van der Waals surface area contributed by atoms with Crippen molar-refractivity contribution < 1.29 is 32.8 Å². The Hall–Kier alpha value is -5.33. The van der Waals surface area contributed by atoms with Crippen molar-refractivity contribution in [1.29, 1.82) is 0 Å². The zero-order valence-electron chi connectivity index (χ0n) is 24.5. The number of carboxylic acid groups (broad SMARTS) is 1. The normalized spacial score (nSPS) is 12.6. The van der Waals surface area contributed by atoms with Crippen molar-refractivity contribution in [1.82, 2.24) is 0 Å². The Labute approximate surface area is 260 Å². The molecule has 0 spiro atoms. The highest BCUT2D eigenvalue weighted by atomic mass is 32.2. The fourth-order valence-electron chi connectivity index (χ4n) is 5.29. The van der Waals surface area contributed by atoms with E-state index < -0.39 is 40.0 Å². The Kier molecular flexibility index (Phi) is 8.80. The van der Waals surface area contributed by atoms with Crippen LogP contribution in [0.15, 0.2) is 95.4 Å². The molecule has 0 saturated carbocycles. The largest absolute Gasteiger partial charge is 0.480 e. The Morgan fingerprint density at radius 2 is 1.56 bits per heavy atom. The van der Waals surface area contributed by atoms with Gasteiger partial charge in [-0.05, 0) is 65.4 Å². The molecule has 5 rings (SSSR count). The summed E-state index contributed by atoms with van der Waals surface area (Å²) in [5, 5.41) is 24.4. The number of carbonyl (C=O) groups is 2. The lowest BCUT2D eigenvalue weighted by molar-refractivity contribution is -0.384. The number of nitro benzene ring substituents is 1. The third kappa shape index (κ3) is 6.33. The molecule has 4 aromatic carbocycles. The summed E-state index contributed by atoms with van der Waals surface area (Å²) in [6.07, 6.45) is 0. The van der Waals surface area contributed by atoms with Crippen LogP contribution in [0.3, 0.4) is 0 Å². The maximum Gasteiger partial charge on any atom is 0.327 e. The van der Waals surface area contributed by atoms with Crippen molar-refractivity contribution in [2.75, 3.05) is 9.62 Å². The van der Waals surface area contributed by atoms with Gasteiger partial charge in [-0.25, -0.2) is 9.00 Å². The molecule has 230 valence electrons. The van der Waals surface area contributed by atoms with Crippen LogP contribution in [0.25, 0.3) is 33.2 Å². The van der Waals surface area contributed by atoms with Crippen LogP contribution in [0.5, 0.6) is 0 Å². The number of hydrogen-bond donors (Lipinski definition) is 3. The molecule has 0 fully saturated rings. The monoisotopic (exact) mass is 627 g/mol. The van der Waals surface area contributed by atoms with Crippen LogP contribution in [0.2, 0.25) is 0 Å². The van der Waals surface area contributed by atoms with Crippen LogP contribution >= 0.6 is 0 Å². The van der Waals surface area contributed by atoms with E-state index in [1.807, 2.05) is 6.07 Å². The molecule has 5 aromatic rings. The number of nitrogens with zero attached hydrogens (tertiary/aromatic N) is 2. The summed E-state index contributed by atoms with van der Waals surface area (Å²) in [5.41, 5.74) is 4.77. The van der Waals surface area contributed by atoms with Gasteiger partial charge in [0.05, 0.1) is 10.6 Å². The first kappa shape index (κ1) is 31.1. The third-order valence-corrected chi connectivity index (χ3v) is 8.21. The van der Waals surface area contributed by atoms with Crippen LogP contribution in [0.1, 0.15) is 30.0 Å². The van der Waals surface area contributed by atoms with Gasteiger partial charge in [0, 0.05) is 28.8 Å². The van der Waals surface area contributed by atoms with Gasteiger partial charge in [-0.1, -0.05) is 62.4 Å². The second-order valence-corrected chi connectivity index (χ2v) is 11.6. The standard InChI is InChI=1S/C33H29N3O8S/c1-19(2)30(33(38)39)35(45(42)43)25-16-12-22(13-17-25)21-10-14-24(15-11-21)34-32(37)31-20(3)29-27(8-5-9-28(29)44-31)23-6-4-7-26(18-23)36(40)41/h4-19,30H,1-3H3,(H,34,37)(H,38,39)(H,42,43). The number of nitro groups is 1. The topological polar surface area (TPSA) is 163 Å². The van der Waals surface area contributed by atoms with E-state index in [4.69, 9.17) is 4.42 Å². The van der Waals surface area contributed by atoms with Gasteiger partial charge in [0.1, 0.15) is 11.6 Å². The van der Waals surface area contributed by atoms with Gasteiger partial charge in [0.2, 0.25) is 0 Å². The van der Waals surface area contributed by atoms with Gasteiger partial charge in [0.25, 0.3) is 22.9 Å². The van der Waals surface area contributed by atoms with Gasteiger partial charge >= 0.3 is 5.97 Å². The van der Waals surface area contributed by atoms with Gasteiger partial charge < -0.3 is 14.8 Å². The molecule has 12 heteroatoms. The molecule has 3 N–H and O–H groups in total. The maximum absolute atomic E-state index is 13.3. The Morgan fingerprint density at radius 1 is 0.933 bits per heavy atom. The number of amides is 1. The minimum atomic E-state index is -2.54. The molecule has 1 aromatic heterocycles. The van der Waals surface area contributed by atoms with E-state index in [1.54, 1.807) is 93.6 Å². The number of benzene rings is 4. The third-order valence-electron chi connectivity index (χ3n) is 7.43. The molecular weight excluding hydrogens is 598 g/mol. The van der Waals surface area contributed by atoms with Gasteiger partial charge in [0.15, 0.2) is 5.76 Å². The fourth-order valence-corrected chi connectivity index (χ4v) is 6.12. The molecule has 11 nitrogen and oxygen atoms in total. The predicted octanol–water partition coefficient (Wildman–Crippen LogP) is 7.29. The number of anilines is 2. The predicted molar refractivity (Wildman–Crippen MR) is 172 cm³/mol. The quantitative estimate of drug-likeness (QED) is 0.0826. The van der Waals surface area contributed by atoms with E-state index in [0.29, 0.717) is 39.0 Å². The zero-order chi connectivity index (χ0) is 32.4. The van der Waals surface area contributed by atoms with Crippen molar-refractivity contribution in [3.8, 4) is 22.3 Å². The lowest BCUT2D eigenvalue weighted by Gasteiger charge is -2.29. The molecule has 0 bridgehead atoms. The number of carbonyl (C=O) groups excluding carboxylic acids is 1. The average Bonchev–Trinajstić information content (AvgIpc) is 3.36. The maximum atomic E-state index is 13.3. The van der Waals surface area contributed by atoms with E-state index in [9.17, 15) is 33.6 Å². The van der Waals surface area contributed by atoms with Gasteiger partial charge in [-0.3, -0.25) is 23.8 Å². The number of rotatable bonds is 10. The second-order valence-electron chi connectivity index (χ2n) is 10.7. The summed E-state index contributed by atoms with van der Waals surface area (Å²) in [5.74, 6) is -1.95. The molecule has 1 heterocycles.